The summed E-state index contributed by atoms with van der Waals surface area (Å²) in [7, 11) is 0. The van der Waals surface area contributed by atoms with Gasteiger partial charge in [0.05, 0.1) is 11.8 Å². The molecule has 3 aromatic carbocycles. The van der Waals surface area contributed by atoms with Crippen LogP contribution in [-0.2, 0) is 22.4 Å². The van der Waals surface area contributed by atoms with Crippen LogP contribution >= 0.6 is 0 Å². The maximum Gasteiger partial charge on any atom is 0.307 e. The van der Waals surface area contributed by atoms with Gasteiger partial charge in [-0.05, 0) is 42.0 Å². The van der Waals surface area contributed by atoms with Crippen LogP contribution in [0.3, 0.4) is 0 Å². The number of hydrogen-bond donors (Lipinski definition) is 2. The molecule has 3 rings (SSSR count). The predicted molar refractivity (Wildman–Crippen MR) is 113 cm³/mol. The Labute approximate surface area is 170 Å². The molecular weight excluding hydrogens is 364 g/mol. The van der Waals surface area contributed by atoms with E-state index < -0.39 is 23.8 Å². The normalized spacial score (nSPS) is 12.9. The van der Waals surface area contributed by atoms with Crippen LogP contribution in [0.2, 0.25) is 0 Å². The van der Waals surface area contributed by atoms with Crippen LogP contribution < -0.4 is 0 Å². The van der Waals surface area contributed by atoms with Crippen molar-refractivity contribution in [1.29, 1.82) is 0 Å². The molecule has 0 aliphatic heterocycles. The molecule has 2 atom stereocenters. The topological polar surface area (TPSA) is 74.6 Å². The summed E-state index contributed by atoms with van der Waals surface area (Å²) in [5, 5.41) is 19.4. The number of rotatable bonds is 8. The fraction of sp³-hybridized carbons (Fsp3) is 0.200. The molecule has 4 heteroatoms. The van der Waals surface area contributed by atoms with Crippen LogP contribution in [0.1, 0.15) is 16.7 Å². The van der Waals surface area contributed by atoms with Gasteiger partial charge in [-0.2, -0.15) is 0 Å². The first-order valence-corrected chi connectivity index (χ1v) is 9.59. The molecule has 0 radical (unpaired) electrons. The average molecular weight is 388 g/mol. The van der Waals surface area contributed by atoms with E-state index in [-0.39, 0.29) is 12.8 Å². The van der Waals surface area contributed by atoms with E-state index in [9.17, 15) is 19.8 Å². The summed E-state index contributed by atoms with van der Waals surface area (Å²) in [4.78, 5) is 23.7. The van der Waals surface area contributed by atoms with Crippen LogP contribution in [0.4, 0.5) is 0 Å². The van der Waals surface area contributed by atoms with Gasteiger partial charge in [0.1, 0.15) is 0 Å². The highest BCUT2D eigenvalue weighted by molar-refractivity contribution is 5.80. The molecule has 0 unspecified atom stereocenters. The molecule has 3 aromatic rings. The number of benzene rings is 3. The minimum atomic E-state index is -1.09. The van der Waals surface area contributed by atoms with Gasteiger partial charge in [0.15, 0.2) is 0 Å². The monoisotopic (exact) mass is 388 g/mol. The van der Waals surface area contributed by atoms with Gasteiger partial charge < -0.3 is 10.2 Å². The van der Waals surface area contributed by atoms with Crippen LogP contribution in [-0.4, -0.2) is 22.2 Å². The molecule has 0 aliphatic carbocycles. The molecule has 2 N–H and O–H groups in total. The Morgan fingerprint density at radius 3 is 1.52 bits per heavy atom. The number of carboxylic acid groups (broad SMARTS) is 2. The highest BCUT2D eigenvalue weighted by Gasteiger charge is 2.34. The lowest BCUT2D eigenvalue weighted by Crippen LogP contribution is -2.33. The van der Waals surface area contributed by atoms with Crippen LogP contribution in [0.25, 0.3) is 11.1 Å². The lowest BCUT2D eigenvalue weighted by Gasteiger charge is -2.21. The highest BCUT2D eigenvalue weighted by Crippen LogP contribution is 2.25. The van der Waals surface area contributed by atoms with Gasteiger partial charge in [0, 0.05) is 0 Å². The summed E-state index contributed by atoms with van der Waals surface area (Å²) in [6, 6.07) is 25.0. The van der Waals surface area contributed by atoms with Gasteiger partial charge in [0.2, 0.25) is 0 Å². The van der Waals surface area contributed by atoms with E-state index in [1.54, 1.807) is 0 Å². The molecule has 0 saturated heterocycles. The van der Waals surface area contributed by atoms with Crippen LogP contribution in [0.15, 0.2) is 78.9 Å². The molecule has 0 bridgehead atoms. The zero-order chi connectivity index (χ0) is 20.8. The van der Waals surface area contributed by atoms with Crippen molar-refractivity contribution in [1.82, 2.24) is 0 Å². The minimum Gasteiger partial charge on any atom is -0.481 e. The largest absolute Gasteiger partial charge is 0.481 e. The van der Waals surface area contributed by atoms with E-state index >= 15 is 0 Å². The second kappa shape index (κ2) is 9.20. The van der Waals surface area contributed by atoms with Gasteiger partial charge in [0.25, 0.3) is 0 Å². The first-order valence-electron chi connectivity index (χ1n) is 9.59. The Morgan fingerprint density at radius 1 is 0.655 bits per heavy atom. The number of carboxylic acids is 2. The summed E-state index contributed by atoms with van der Waals surface area (Å²) in [6.07, 6.45) is 0.363. The fourth-order valence-electron chi connectivity index (χ4n) is 3.50. The molecule has 148 valence electrons. The van der Waals surface area contributed by atoms with Crippen molar-refractivity contribution >= 4 is 11.9 Å². The van der Waals surface area contributed by atoms with Crippen molar-refractivity contribution in [3.8, 4) is 11.1 Å². The molecule has 0 aliphatic rings. The average Bonchev–Trinajstić information content (AvgIpc) is 2.72. The Bertz CT molecular complexity index is 960. The molecule has 0 amide bonds. The van der Waals surface area contributed by atoms with Gasteiger partial charge in [-0.1, -0.05) is 84.4 Å². The maximum absolute atomic E-state index is 11.9. The van der Waals surface area contributed by atoms with E-state index in [2.05, 4.69) is 0 Å². The smallest absolute Gasteiger partial charge is 0.307 e. The summed E-state index contributed by atoms with van der Waals surface area (Å²) < 4.78 is 0. The third kappa shape index (κ3) is 5.32. The Morgan fingerprint density at radius 2 is 1.07 bits per heavy atom. The third-order valence-corrected chi connectivity index (χ3v) is 5.21. The van der Waals surface area contributed by atoms with E-state index in [0.29, 0.717) is 0 Å². The number of aliphatic carboxylic acids is 2. The number of carbonyl (C=O) groups is 2. The van der Waals surface area contributed by atoms with Gasteiger partial charge in [-0.25, -0.2) is 0 Å². The summed E-state index contributed by atoms with van der Waals surface area (Å²) in [5.74, 6) is -4.17. The van der Waals surface area contributed by atoms with Crippen molar-refractivity contribution in [3.63, 3.8) is 0 Å². The molecule has 0 spiro atoms. The Kier molecular flexibility index (Phi) is 6.45. The van der Waals surface area contributed by atoms with E-state index in [4.69, 9.17) is 0 Å². The highest BCUT2D eigenvalue weighted by atomic mass is 16.4. The molecule has 0 heterocycles. The number of aryl methyl sites for hydroxylation is 1. The molecule has 0 aromatic heterocycles. The van der Waals surface area contributed by atoms with E-state index in [0.717, 1.165) is 22.3 Å². The molecule has 0 fully saturated rings. The fourth-order valence-corrected chi connectivity index (χ4v) is 3.50. The lowest BCUT2D eigenvalue weighted by molar-refractivity contribution is -0.153. The van der Waals surface area contributed by atoms with Crippen molar-refractivity contribution in [2.75, 3.05) is 0 Å². The van der Waals surface area contributed by atoms with Gasteiger partial charge in [-0.15, -0.1) is 0 Å². The standard InChI is InChI=1S/C25H24O4/c1-17-7-11-20(12-8-17)21-13-9-19(10-14-21)16-23(25(28)29)22(24(26)27)15-18-5-3-2-4-6-18/h2-14,22-23H,15-16H2,1H3,(H,26,27)(H,28,29)/t22-,23-/m0/s1. The van der Waals surface area contributed by atoms with Crippen molar-refractivity contribution < 1.29 is 19.8 Å². The summed E-state index contributed by atoms with van der Waals surface area (Å²) in [5.41, 5.74) is 4.95. The number of hydrogen-bond acceptors (Lipinski definition) is 2. The zero-order valence-corrected chi connectivity index (χ0v) is 16.3. The van der Waals surface area contributed by atoms with Crippen LogP contribution in [0.5, 0.6) is 0 Å². The van der Waals surface area contributed by atoms with Crippen LogP contribution in [0, 0.1) is 18.8 Å². The lowest BCUT2D eigenvalue weighted by atomic mass is 9.82. The first kappa shape index (κ1) is 20.3. The molecule has 0 saturated carbocycles. The molecule has 29 heavy (non-hydrogen) atoms. The SMILES string of the molecule is Cc1ccc(-c2ccc(C[C@H](C(=O)O)[C@H](Cc3ccccc3)C(=O)O)cc2)cc1. The summed E-state index contributed by atoms with van der Waals surface area (Å²) in [6.45, 7) is 2.03. The molecule has 4 nitrogen and oxygen atoms in total. The Balaban J connectivity index is 1.79. The molecular formula is C25H24O4. The Hall–Kier alpha value is -3.40. The zero-order valence-electron chi connectivity index (χ0n) is 16.3. The van der Waals surface area contributed by atoms with Crippen molar-refractivity contribution in [2.24, 2.45) is 11.8 Å². The summed E-state index contributed by atoms with van der Waals surface area (Å²) >= 11 is 0. The maximum atomic E-state index is 11.9. The predicted octanol–water partition coefficient (Wildman–Crippen LogP) is 4.85. The van der Waals surface area contributed by atoms with Crippen molar-refractivity contribution in [3.05, 3.63) is 95.6 Å². The van der Waals surface area contributed by atoms with Gasteiger partial charge >= 0.3 is 11.9 Å². The third-order valence-electron chi connectivity index (χ3n) is 5.21. The van der Waals surface area contributed by atoms with E-state index in [1.807, 2.05) is 85.8 Å². The first-order chi connectivity index (χ1) is 13.9. The second-order valence-corrected chi connectivity index (χ2v) is 7.35. The quantitative estimate of drug-likeness (QED) is 0.578. The van der Waals surface area contributed by atoms with Crippen molar-refractivity contribution in [2.45, 2.75) is 19.8 Å². The minimum absolute atomic E-state index is 0.174. The second-order valence-electron chi connectivity index (χ2n) is 7.35. The van der Waals surface area contributed by atoms with E-state index in [1.165, 1.54) is 5.56 Å². The van der Waals surface area contributed by atoms with Gasteiger partial charge in [-0.3, -0.25) is 9.59 Å².